The van der Waals surface area contributed by atoms with Crippen molar-refractivity contribution in [1.29, 1.82) is 0 Å². The SMILES string of the molecule is COc1cc[nH]c1C=C1C(=O)N(C#CCCC(=O)O)c2ccccc21. The van der Waals surface area contributed by atoms with Crippen molar-refractivity contribution in [3.63, 3.8) is 0 Å². The van der Waals surface area contributed by atoms with Crippen LogP contribution in [0.25, 0.3) is 11.6 Å². The number of benzene rings is 1. The number of nitrogens with one attached hydrogen (secondary N) is 1. The number of H-pyrrole nitrogens is 1. The molecule has 6 heteroatoms. The molecule has 0 bridgehead atoms. The van der Waals surface area contributed by atoms with E-state index < -0.39 is 5.97 Å². The fourth-order valence-electron chi connectivity index (χ4n) is 2.60. The molecular formula is C19H16N2O4. The summed E-state index contributed by atoms with van der Waals surface area (Å²) in [6.07, 6.45) is 3.60. The van der Waals surface area contributed by atoms with Crippen LogP contribution in [0.15, 0.2) is 36.5 Å². The number of carboxylic acid groups (broad SMARTS) is 1. The lowest BCUT2D eigenvalue weighted by Crippen LogP contribution is -2.20. The summed E-state index contributed by atoms with van der Waals surface area (Å²) in [4.78, 5) is 27.8. The third-order valence-corrected chi connectivity index (χ3v) is 3.77. The Labute approximate surface area is 144 Å². The molecule has 1 amide bonds. The number of amides is 1. The molecule has 2 N–H and O–H groups in total. The van der Waals surface area contributed by atoms with Crippen molar-refractivity contribution in [3.8, 4) is 17.7 Å². The predicted octanol–water partition coefficient (Wildman–Crippen LogP) is 2.74. The third-order valence-electron chi connectivity index (χ3n) is 3.77. The molecule has 0 saturated heterocycles. The number of aromatic nitrogens is 1. The molecule has 0 aliphatic carbocycles. The lowest BCUT2D eigenvalue weighted by molar-refractivity contribution is -0.136. The Morgan fingerprint density at radius 3 is 2.92 bits per heavy atom. The summed E-state index contributed by atoms with van der Waals surface area (Å²) in [5.74, 6) is 2.22. The molecule has 126 valence electrons. The number of hydrogen-bond acceptors (Lipinski definition) is 3. The fourth-order valence-corrected chi connectivity index (χ4v) is 2.60. The topological polar surface area (TPSA) is 82.6 Å². The maximum atomic E-state index is 12.8. The van der Waals surface area contributed by atoms with Crippen molar-refractivity contribution in [2.75, 3.05) is 12.0 Å². The zero-order chi connectivity index (χ0) is 17.8. The van der Waals surface area contributed by atoms with Gasteiger partial charge < -0.3 is 14.8 Å². The molecule has 1 aliphatic heterocycles. The van der Waals surface area contributed by atoms with Crippen LogP contribution in [0.1, 0.15) is 24.1 Å². The van der Waals surface area contributed by atoms with E-state index in [4.69, 9.17) is 9.84 Å². The highest BCUT2D eigenvalue weighted by Gasteiger charge is 2.31. The Morgan fingerprint density at radius 2 is 2.16 bits per heavy atom. The van der Waals surface area contributed by atoms with Gasteiger partial charge in [-0.3, -0.25) is 9.59 Å². The van der Waals surface area contributed by atoms with Crippen LogP contribution in [0.5, 0.6) is 5.75 Å². The second kappa shape index (κ2) is 6.97. The van der Waals surface area contributed by atoms with Crippen LogP contribution >= 0.6 is 0 Å². The molecule has 0 saturated carbocycles. The van der Waals surface area contributed by atoms with Gasteiger partial charge >= 0.3 is 5.97 Å². The Balaban J connectivity index is 1.97. The molecule has 25 heavy (non-hydrogen) atoms. The van der Waals surface area contributed by atoms with Crippen molar-refractivity contribution in [2.45, 2.75) is 12.8 Å². The van der Waals surface area contributed by atoms with Crippen molar-refractivity contribution in [2.24, 2.45) is 0 Å². The number of carbonyl (C=O) groups excluding carboxylic acids is 1. The van der Waals surface area contributed by atoms with Crippen molar-refractivity contribution in [3.05, 3.63) is 47.8 Å². The van der Waals surface area contributed by atoms with E-state index in [2.05, 4.69) is 16.9 Å². The first-order valence-electron chi connectivity index (χ1n) is 7.69. The van der Waals surface area contributed by atoms with Gasteiger partial charge in [0.15, 0.2) is 0 Å². The first-order valence-corrected chi connectivity index (χ1v) is 7.69. The van der Waals surface area contributed by atoms with Gasteiger partial charge in [0.25, 0.3) is 5.91 Å². The number of para-hydroxylation sites is 1. The van der Waals surface area contributed by atoms with Crippen LogP contribution < -0.4 is 9.64 Å². The minimum Gasteiger partial charge on any atom is -0.495 e. The van der Waals surface area contributed by atoms with Crippen LogP contribution in [0.2, 0.25) is 0 Å². The highest BCUT2D eigenvalue weighted by atomic mass is 16.5. The summed E-state index contributed by atoms with van der Waals surface area (Å²) in [5, 5.41) is 8.68. The number of fused-ring (bicyclic) bond motifs is 1. The quantitative estimate of drug-likeness (QED) is 0.664. The van der Waals surface area contributed by atoms with Crippen molar-refractivity contribution < 1.29 is 19.4 Å². The molecule has 3 rings (SSSR count). The first kappa shape index (κ1) is 16.4. The monoisotopic (exact) mass is 336 g/mol. The van der Waals surface area contributed by atoms with E-state index in [1.807, 2.05) is 24.3 Å². The van der Waals surface area contributed by atoms with E-state index in [0.29, 0.717) is 22.7 Å². The van der Waals surface area contributed by atoms with E-state index in [-0.39, 0.29) is 18.7 Å². The van der Waals surface area contributed by atoms with Crippen LogP contribution in [0.3, 0.4) is 0 Å². The summed E-state index contributed by atoms with van der Waals surface area (Å²) in [7, 11) is 1.57. The number of methoxy groups -OCH3 is 1. The Bertz CT molecular complexity index is 915. The highest BCUT2D eigenvalue weighted by molar-refractivity contribution is 6.36. The maximum absolute atomic E-state index is 12.8. The summed E-state index contributed by atoms with van der Waals surface area (Å²) in [5.41, 5.74) is 2.66. The number of aromatic amines is 1. The average molecular weight is 336 g/mol. The molecule has 0 atom stereocenters. The Hall–Kier alpha value is -3.46. The maximum Gasteiger partial charge on any atom is 0.304 e. The normalized spacial score (nSPS) is 14.2. The van der Waals surface area contributed by atoms with E-state index in [0.717, 1.165) is 5.56 Å². The summed E-state index contributed by atoms with van der Waals surface area (Å²) < 4.78 is 5.26. The van der Waals surface area contributed by atoms with E-state index in [1.54, 1.807) is 25.4 Å². The second-order valence-electron chi connectivity index (χ2n) is 5.36. The first-order chi connectivity index (χ1) is 12.1. The fraction of sp³-hybridized carbons (Fsp3) is 0.158. The molecule has 1 aromatic carbocycles. The van der Waals surface area contributed by atoms with Crippen molar-refractivity contribution in [1.82, 2.24) is 4.98 Å². The number of nitrogens with zero attached hydrogens (tertiary/aromatic N) is 1. The molecule has 2 aromatic rings. The van der Waals surface area contributed by atoms with Gasteiger partial charge in [0, 0.05) is 24.2 Å². The minimum absolute atomic E-state index is 0.0565. The van der Waals surface area contributed by atoms with Gasteiger partial charge in [0.2, 0.25) is 0 Å². The number of rotatable bonds is 4. The third kappa shape index (κ3) is 3.26. The number of carbonyl (C=O) groups is 2. The van der Waals surface area contributed by atoms with Gasteiger partial charge in [0.05, 0.1) is 30.5 Å². The van der Waals surface area contributed by atoms with Crippen LogP contribution in [-0.4, -0.2) is 29.1 Å². The molecule has 2 heterocycles. The number of carboxylic acids is 1. The van der Waals surface area contributed by atoms with E-state index in [1.165, 1.54) is 4.90 Å². The second-order valence-corrected chi connectivity index (χ2v) is 5.36. The Morgan fingerprint density at radius 1 is 1.36 bits per heavy atom. The number of aliphatic carboxylic acids is 1. The predicted molar refractivity (Wildman–Crippen MR) is 93.8 cm³/mol. The van der Waals surface area contributed by atoms with Gasteiger partial charge in [-0.25, -0.2) is 4.90 Å². The van der Waals surface area contributed by atoms with Gasteiger partial charge in [-0.05, 0) is 18.2 Å². The summed E-state index contributed by atoms with van der Waals surface area (Å²) in [6.45, 7) is 0. The molecule has 1 aliphatic rings. The molecule has 0 unspecified atom stereocenters. The smallest absolute Gasteiger partial charge is 0.304 e. The molecular weight excluding hydrogens is 320 g/mol. The van der Waals surface area contributed by atoms with E-state index >= 15 is 0 Å². The molecule has 6 nitrogen and oxygen atoms in total. The zero-order valence-electron chi connectivity index (χ0n) is 13.6. The van der Waals surface area contributed by atoms with E-state index in [9.17, 15) is 9.59 Å². The minimum atomic E-state index is -0.915. The molecule has 0 radical (unpaired) electrons. The highest BCUT2D eigenvalue weighted by Crippen LogP contribution is 2.37. The summed E-state index contributed by atoms with van der Waals surface area (Å²) in [6, 6.07) is 11.9. The van der Waals surface area contributed by atoms with Crippen LogP contribution in [0, 0.1) is 12.0 Å². The standard InChI is InChI=1S/C19H16N2O4/c1-25-17-9-10-20-15(17)12-14-13-6-2-3-7-16(13)21(19(14)24)11-5-4-8-18(22)23/h2-3,6-7,9-10,12,20H,4,8H2,1H3,(H,22,23). The number of anilines is 1. The van der Waals surface area contributed by atoms with Gasteiger partial charge in [-0.2, -0.15) is 0 Å². The number of ether oxygens (including phenoxy) is 1. The average Bonchev–Trinajstić information content (AvgIpc) is 3.16. The Kier molecular flexibility index (Phi) is 4.57. The molecule has 0 fully saturated rings. The molecule has 1 aromatic heterocycles. The number of hydrogen-bond donors (Lipinski definition) is 2. The summed E-state index contributed by atoms with van der Waals surface area (Å²) >= 11 is 0. The van der Waals surface area contributed by atoms with Gasteiger partial charge in [-0.15, -0.1) is 0 Å². The largest absolute Gasteiger partial charge is 0.495 e. The van der Waals surface area contributed by atoms with Crippen LogP contribution in [-0.2, 0) is 9.59 Å². The van der Waals surface area contributed by atoms with Gasteiger partial charge in [-0.1, -0.05) is 24.1 Å². The lowest BCUT2D eigenvalue weighted by Gasteiger charge is -2.07. The van der Waals surface area contributed by atoms with Crippen molar-refractivity contribution >= 4 is 29.2 Å². The molecule has 0 spiro atoms. The van der Waals surface area contributed by atoms with Crippen LogP contribution in [0.4, 0.5) is 5.69 Å². The lowest BCUT2D eigenvalue weighted by atomic mass is 10.1. The zero-order valence-corrected chi connectivity index (χ0v) is 13.6. The van der Waals surface area contributed by atoms with Gasteiger partial charge in [0.1, 0.15) is 5.75 Å².